The van der Waals surface area contributed by atoms with E-state index in [1.807, 2.05) is 0 Å². The van der Waals surface area contributed by atoms with Crippen LogP contribution in [0.1, 0.15) is 78.2 Å². The van der Waals surface area contributed by atoms with Crippen molar-refractivity contribution in [2.75, 3.05) is 26.2 Å². The first-order valence-corrected chi connectivity index (χ1v) is 21.7. The van der Waals surface area contributed by atoms with Gasteiger partial charge in [-0.1, -0.05) is 12.1 Å². The molecule has 374 valence electrons. The van der Waals surface area contributed by atoms with Gasteiger partial charge in [-0.2, -0.15) is 0 Å². The van der Waals surface area contributed by atoms with E-state index < -0.39 is 133 Å². The molecule has 0 aliphatic rings. The second kappa shape index (κ2) is 30.3. The Kier molecular flexibility index (Phi) is 26.3. The number of primary amides is 2. The summed E-state index contributed by atoms with van der Waals surface area (Å²) in [6.07, 6.45) is 1.39. The molecule has 0 bridgehead atoms. The highest BCUT2D eigenvalue weighted by Gasteiger charge is 2.31. The van der Waals surface area contributed by atoms with Gasteiger partial charge >= 0.3 is 0 Å². The number of rotatable bonds is 31. The van der Waals surface area contributed by atoms with Crippen molar-refractivity contribution in [2.24, 2.45) is 28.7 Å². The highest BCUT2D eigenvalue weighted by Crippen LogP contribution is 2.12. The van der Waals surface area contributed by atoms with Gasteiger partial charge in [0.1, 0.15) is 54.1 Å². The number of hydrogen-bond acceptors (Lipinski definition) is 15. The predicted octanol–water partition coefficient (Wildman–Crippen LogP) is -6.41. The van der Waals surface area contributed by atoms with Gasteiger partial charge in [0, 0.05) is 6.42 Å². The summed E-state index contributed by atoms with van der Waals surface area (Å²) in [6, 6.07) is -4.06. The van der Waals surface area contributed by atoms with Gasteiger partial charge in [0.05, 0.1) is 19.5 Å². The Balaban J connectivity index is 2.91. The van der Waals surface area contributed by atoms with Gasteiger partial charge in [0.25, 0.3) is 0 Å². The number of nitrogens with one attached hydrogen (secondary N) is 9. The van der Waals surface area contributed by atoms with Crippen molar-refractivity contribution in [3.8, 4) is 5.75 Å². The molecule has 26 nitrogen and oxygen atoms in total. The highest BCUT2D eigenvalue weighted by molar-refractivity contribution is 5.98. The maximum atomic E-state index is 13.7. The van der Waals surface area contributed by atoms with Crippen LogP contribution in [-0.4, -0.2) is 145 Å². The molecule has 1 rings (SSSR count). The Hall–Kier alpha value is -6.93. The molecule has 0 saturated heterocycles. The van der Waals surface area contributed by atoms with Crippen molar-refractivity contribution in [2.45, 2.75) is 127 Å². The van der Waals surface area contributed by atoms with E-state index in [1.165, 1.54) is 39.8 Å². The summed E-state index contributed by atoms with van der Waals surface area (Å²) in [7, 11) is 0. The van der Waals surface area contributed by atoms with E-state index in [4.69, 9.17) is 28.7 Å². The van der Waals surface area contributed by atoms with Crippen LogP contribution in [0.2, 0.25) is 0 Å². The van der Waals surface area contributed by atoms with E-state index in [9.17, 15) is 57.8 Å². The third-order valence-electron chi connectivity index (χ3n) is 9.89. The minimum Gasteiger partial charge on any atom is -0.508 e. The number of unbranched alkanes of at least 4 members (excludes halogenated alkanes) is 2. The largest absolute Gasteiger partial charge is 0.508 e. The molecule has 0 aliphatic heterocycles. The van der Waals surface area contributed by atoms with Crippen molar-refractivity contribution in [3.05, 3.63) is 29.8 Å². The van der Waals surface area contributed by atoms with Crippen LogP contribution in [0.5, 0.6) is 5.75 Å². The Morgan fingerprint density at radius 2 is 0.896 bits per heavy atom. The topological polar surface area (TPSA) is 446 Å². The Labute approximate surface area is 387 Å². The van der Waals surface area contributed by atoms with Crippen LogP contribution in [0.15, 0.2) is 24.3 Å². The SMILES string of the molecule is CC(NC(=O)C(C)NC(=O)C(C)NC(=O)C(CC(N)=O)NC(=O)CN)C(=O)NC(C)C(=O)NC(CCCCN)C(=O)NC(CCCCN)C(=O)NCC(=O)NC(Cc1ccc(O)cc1)C(N)=O. The highest BCUT2D eigenvalue weighted by atomic mass is 16.3. The molecular weight excluding hydrogens is 881 g/mol. The lowest BCUT2D eigenvalue weighted by Crippen LogP contribution is -2.58. The third-order valence-corrected chi connectivity index (χ3v) is 9.89. The lowest BCUT2D eigenvalue weighted by atomic mass is 10.0. The van der Waals surface area contributed by atoms with E-state index in [0.29, 0.717) is 37.8 Å². The van der Waals surface area contributed by atoms with Crippen LogP contribution in [-0.2, 0) is 59.2 Å². The second-order valence-corrected chi connectivity index (χ2v) is 15.7. The van der Waals surface area contributed by atoms with Crippen molar-refractivity contribution in [3.63, 3.8) is 0 Å². The first kappa shape index (κ1) is 58.1. The predicted molar refractivity (Wildman–Crippen MR) is 241 cm³/mol. The maximum Gasteiger partial charge on any atom is 0.243 e. The number of amides is 11. The van der Waals surface area contributed by atoms with Gasteiger partial charge < -0.3 is 81.6 Å². The average molecular weight is 949 g/mol. The molecule has 0 spiro atoms. The molecule has 8 atom stereocenters. The second-order valence-electron chi connectivity index (χ2n) is 15.7. The molecule has 0 radical (unpaired) electrons. The van der Waals surface area contributed by atoms with E-state index in [0.717, 1.165) is 0 Å². The van der Waals surface area contributed by atoms with E-state index in [2.05, 4.69) is 47.9 Å². The van der Waals surface area contributed by atoms with Crippen LogP contribution in [0.4, 0.5) is 0 Å². The molecule has 0 heterocycles. The number of aromatic hydroxyl groups is 1. The number of benzene rings is 1. The molecule has 0 saturated carbocycles. The summed E-state index contributed by atoms with van der Waals surface area (Å²) in [4.78, 5) is 140. The first-order chi connectivity index (χ1) is 31.5. The normalized spacial score (nSPS) is 14.4. The van der Waals surface area contributed by atoms with Gasteiger partial charge in [-0.3, -0.25) is 52.7 Å². The minimum atomic E-state index is -1.42. The fraction of sp³-hybridized carbons (Fsp3) is 0.585. The van der Waals surface area contributed by atoms with Gasteiger partial charge in [-0.05, 0) is 97.0 Å². The number of hydrogen-bond donors (Lipinski definition) is 15. The smallest absolute Gasteiger partial charge is 0.243 e. The minimum absolute atomic E-state index is 0.00464. The average Bonchev–Trinajstić information content (AvgIpc) is 3.27. The van der Waals surface area contributed by atoms with Crippen LogP contribution in [0.3, 0.4) is 0 Å². The van der Waals surface area contributed by atoms with E-state index in [-0.39, 0.29) is 31.6 Å². The number of phenolic OH excluding ortho intramolecular Hbond substituents is 1. The van der Waals surface area contributed by atoms with E-state index in [1.54, 1.807) is 12.1 Å². The first-order valence-electron chi connectivity index (χ1n) is 21.7. The lowest BCUT2D eigenvalue weighted by molar-refractivity contribution is -0.135. The van der Waals surface area contributed by atoms with Crippen LogP contribution >= 0.6 is 0 Å². The Morgan fingerprint density at radius 3 is 1.33 bits per heavy atom. The zero-order valence-corrected chi connectivity index (χ0v) is 38.2. The molecule has 1 aromatic carbocycles. The Morgan fingerprint density at radius 1 is 0.493 bits per heavy atom. The Bertz CT molecular complexity index is 1890. The van der Waals surface area contributed by atoms with Gasteiger partial charge in [0.2, 0.25) is 65.0 Å². The zero-order valence-electron chi connectivity index (χ0n) is 38.2. The quantitative estimate of drug-likeness (QED) is 0.0308. The van der Waals surface area contributed by atoms with Gasteiger partial charge in [0.15, 0.2) is 0 Å². The molecule has 8 unspecified atom stereocenters. The van der Waals surface area contributed by atoms with Crippen molar-refractivity contribution in [1.29, 1.82) is 0 Å². The van der Waals surface area contributed by atoms with Gasteiger partial charge in [-0.15, -0.1) is 0 Å². The molecule has 0 aromatic heterocycles. The summed E-state index contributed by atoms with van der Waals surface area (Å²) < 4.78 is 0. The van der Waals surface area contributed by atoms with Crippen molar-refractivity contribution >= 4 is 65.0 Å². The lowest BCUT2D eigenvalue weighted by Gasteiger charge is -2.25. The molecule has 0 aliphatic carbocycles. The third kappa shape index (κ3) is 22.7. The van der Waals surface area contributed by atoms with Crippen molar-refractivity contribution in [1.82, 2.24) is 47.9 Å². The summed E-state index contributed by atoms with van der Waals surface area (Å²) in [6.45, 7) is 4.71. The van der Waals surface area contributed by atoms with Crippen LogP contribution in [0.25, 0.3) is 0 Å². The van der Waals surface area contributed by atoms with Gasteiger partial charge in [-0.25, -0.2) is 0 Å². The molecule has 11 amide bonds. The molecule has 26 heteroatoms. The molecule has 0 fully saturated rings. The molecule has 20 N–H and O–H groups in total. The summed E-state index contributed by atoms with van der Waals surface area (Å²) in [5, 5.41) is 31.3. The standard InChI is InChI=1S/C41H68N14O12/c1-21(49-37(63)23(3)51-41(67)30(18-31(45)57)53-32(58)19-44)35(61)48-22(2)36(62)50-24(4)38(64)54-28(10-6-8-16-43)40(66)55-27(9-5-7-15-42)39(65)47-20-33(59)52-29(34(46)60)17-25-11-13-26(56)14-12-25/h11-14,21-24,27-30,56H,5-10,15-20,42-44H2,1-4H3,(H2,45,57)(H2,46,60)(H,47,65)(H,48,61)(H,49,63)(H,50,62)(H,51,67)(H,52,59)(H,53,58)(H,54,64)(H,55,66). The number of carbonyl (C=O) groups excluding carboxylic acids is 11. The monoisotopic (exact) mass is 949 g/mol. The van der Waals surface area contributed by atoms with Crippen molar-refractivity contribution < 1.29 is 57.8 Å². The van der Waals surface area contributed by atoms with E-state index >= 15 is 0 Å². The summed E-state index contributed by atoms with van der Waals surface area (Å²) in [5.74, 6) is -8.93. The zero-order chi connectivity index (χ0) is 50.8. The fourth-order valence-electron chi connectivity index (χ4n) is 5.97. The molecular formula is C41H68N14O12. The molecule has 1 aromatic rings. The molecule has 67 heavy (non-hydrogen) atoms. The van der Waals surface area contributed by atoms with Crippen LogP contribution < -0.4 is 76.5 Å². The number of phenols is 1. The van der Waals surface area contributed by atoms with Crippen LogP contribution in [0, 0.1) is 0 Å². The fourth-order valence-corrected chi connectivity index (χ4v) is 5.97. The number of nitrogens with two attached hydrogens (primary N) is 5. The maximum absolute atomic E-state index is 13.7. The summed E-state index contributed by atoms with van der Waals surface area (Å²) >= 11 is 0. The summed E-state index contributed by atoms with van der Waals surface area (Å²) in [5.41, 5.74) is 27.7. The number of carbonyl (C=O) groups is 11.